The SMILES string of the molecule is O=C(Cn1cnc(S(=O)(=O)N2CCc3ccccc32)c1)Nc1ccc(Cl)cc1. The van der Waals surface area contributed by atoms with Crippen LogP contribution in [0.15, 0.2) is 66.1 Å². The number of anilines is 2. The Morgan fingerprint density at radius 1 is 1.14 bits per heavy atom. The van der Waals surface area contributed by atoms with Crippen LogP contribution >= 0.6 is 11.6 Å². The van der Waals surface area contributed by atoms with E-state index in [4.69, 9.17) is 11.6 Å². The van der Waals surface area contributed by atoms with Gasteiger partial charge in [-0.3, -0.25) is 9.10 Å². The van der Waals surface area contributed by atoms with Crippen LogP contribution in [0.5, 0.6) is 0 Å². The molecule has 144 valence electrons. The third-order valence-electron chi connectivity index (χ3n) is 4.46. The van der Waals surface area contributed by atoms with E-state index in [-0.39, 0.29) is 17.5 Å². The molecule has 1 aliphatic heterocycles. The fraction of sp³-hybridized carbons (Fsp3) is 0.158. The first-order valence-corrected chi connectivity index (χ1v) is 10.4. The molecule has 0 saturated heterocycles. The van der Waals surface area contributed by atoms with Gasteiger partial charge in [0.25, 0.3) is 10.0 Å². The molecule has 0 saturated carbocycles. The van der Waals surface area contributed by atoms with Gasteiger partial charge in [0, 0.05) is 23.5 Å². The van der Waals surface area contributed by atoms with Gasteiger partial charge in [0.2, 0.25) is 5.91 Å². The monoisotopic (exact) mass is 416 g/mol. The van der Waals surface area contributed by atoms with Crippen molar-refractivity contribution in [3.05, 3.63) is 71.6 Å². The van der Waals surface area contributed by atoms with E-state index in [2.05, 4.69) is 10.3 Å². The van der Waals surface area contributed by atoms with Crippen LogP contribution in [-0.4, -0.2) is 30.4 Å². The highest BCUT2D eigenvalue weighted by Crippen LogP contribution is 2.32. The van der Waals surface area contributed by atoms with Gasteiger partial charge in [0.15, 0.2) is 5.03 Å². The van der Waals surface area contributed by atoms with E-state index in [0.717, 1.165) is 5.56 Å². The normalized spacial score (nSPS) is 13.4. The van der Waals surface area contributed by atoms with Crippen molar-refractivity contribution in [1.82, 2.24) is 9.55 Å². The number of sulfonamides is 1. The van der Waals surface area contributed by atoms with Gasteiger partial charge >= 0.3 is 0 Å². The number of carbonyl (C=O) groups excluding carboxylic acids is 1. The summed E-state index contributed by atoms with van der Waals surface area (Å²) in [5.74, 6) is -0.296. The number of para-hydroxylation sites is 1. The molecule has 2 aromatic carbocycles. The molecule has 7 nitrogen and oxygen atoms in total. The van der Waals surface area contributed by atoms with Crippen molar-refractivity contribution in [2.24, 2.45) is 0 Å². The Kier molecular flexibility index (Phi) is 4.82. The van der Waals surface area contributed by atoms with E-state index in [1.54, 1.807) is 30.3 Å². The van der Waals surface area contributed by atoms with E-state index in [9.17, 15) is 13.2 Å². The lowest BCUT2D eigenvalue weighted by atomic mass is 10.2. The molecule has 3 aromatic rings. The first kappa shape index (κ1) is 18.5. The van der Waals surface area contributed by atoms with Crippen LogP contribution in [0.25, 0.3) is 0 Å². The molecule has 0 unspecified atom stereocenters. The van der Waals surface area contributed by atoms with E-state index in [1.165, 1.54) is 21.4 Å². The molecular weight excluding hydrogens is 400 g/mol. The number of hydrogen-bond donors (Lipinski definition) is 1. The zero-order valence-corrected chi connectivity index (χ0v) is 16.3. The molecule has 0 bridgehead atoms. The third-order valence-corrected chi connectivity index (χ3v) is 6.41. The van der Waals surface area contributed by atoms with Gasteiger partial charge in [0.1, 0.15) is 6.54 Å². The molecule has 1 amide bonds. The second kappa shape index (κ2) is 7.29. The lowest BCUT2D eigenvalue weighted by molar-refractivity contribution is -0.116. The Morgan fingerprint density at radius 3 is 2.68 bits per heavy atom. The maximum absolute atomic E-state index is 13.0. The fourth-order valence-electron chi connectivity index (χ4n) is 3.13. The number of nitrogens with one attached hydrogen (secondary N) is 1. The zero-order valence-electron chi connectivity index (χ0n) is 14.7. The topological polar surface area (TPSA) is 84.3 Å². The minimum atomic E-state index is -3.78. The van der Waals surface area contributed by atoms with E-state index in [0.29, 0.717) is 29.4 Å². The van der Waals surface area contributed by atoms with Crippen molar-refractivity contribution in [3.8, 4) is 0 Å². The average molecular weight is 417 g/mol. The summed E-state index contributed by atoms with van der Waals surface area (Å²) in [6.07, 6.45) is 3.38. The molecule has 1 aromatic heterocycles. The Labute approximate surface area is 167 Å². The van der Waals surface area contributed by atoms with Gasteiger partial charge in [-0.1, -0.05) is 29.8 Å². The number of rotatable bonds is 5. The van der Waals surface area contributed by atoms with Crippen molar-refractivity contribution >= 4 is 38.9 Å². The summed E-state index contributed by atoms with van der Waals surface area (Å²) in [4.78, 5) is 16.2. The molecule has 1 aliphatic rings. The summed E-state index contributed by atoms with van der Waals surface area (Å²) in [5, 5.41) is 3.22. The molecule has 2 heterocycles. The number of nitrogens with zero attached hydrogens (tertiary/aromatic N) is 3. The number of amides is 1. The highest BCUT2D eigenvalue weighted by Gasteiger charge is 2.32. The van der Waals surface area contributed by atoms with Gasteiger partial charge in [-0.2, -0.15) is 8.42 Å². The Bertz CT molecular complexity index is 1130. The van der Waals surface area contributed by atoms with Crippen molar-refractivity contribution in [2.75, 3.05) is 16.2 Å². The largest absolute Gasteiger partial charge is 0.327 e. The maximum atomic E-state index is 13.0. The number of aromatic nitrogens is 2. The minimum Gasteiger partial charge on any atom is -0.327 e. The predicted octanol–water partition coefficient (Wildman–Crippen LogP) is 2.93. The van der Waals surface area contributed by atoms with Crippen LogP contribution in [0.4, 0.5) is 11.4 Å². The summed E-state index contributed by atoms with van der Waals surface area (Å²) < 4.78 is 28.7. The van der Waals surface area contributed by atoms with Crippen molar-refractivity contribution in [3.63, 3.8) is 0 Å². The molecule has 9 heteroatoms. The lowest BCUT2D eigenvalue weighted by Crippen LogP contribution is -2.29. The molecule has 1 N–H and O–H groups in total. The lowest BCUT2D eigenvalue weighted by Gasteiger charge is -2.17. The van der Waals surface area contributed by atoms with Gasteiger partial charge in [-0.05, 0) is 42.3 Å². The number of hydrogen-bond acceptors (Lipinski definition) is 4. The van der Waals surface area contributed by atoms with Crippen LogP contribution in [-0.2, 0) is 27.8 Å². The van der Waals surface area contributed by atoms with Gasteiger partial charge < -0.3 is 9.88 Å². The van der Waals surface area contributed by atoms with Crippen LogP contribution < -0.4 is 9.62 Å². The third kappa shape index (κ3) is 3.61. The Balaban J connectivity index is 1.48. The molecule has 0 aliphatic carbocycles. The first-order valence-electron chi connectivity index (χ1n) is 8.61. The van der Waals surface area contributed by atoms with Crippen LogP contribution in [0.3, 0.4) is 0 Å². The Hall–Kier alpha value is -2.84. The van der Waals surface area contributed by atoms with Crippen LogP contribution in [0, 0.1) is 0 Å². The van der Waals surface area contributed by atoms with Gasteiger partial charge in [-0.15, -0.1) is 0 Å². The van der Waals surface area contributed by atoms with Crippen molar-refractivity contribution < 1.29 is 13.2 Å². The summed E-state index contributed by atoms with van der Waals surface area (Å²) in [7, 11) is -3.78. The summed E-state index contributed by atoms with van der Waals surface area (Å²) >= 11 is 5.82. The molecule has 0 atom stereocenters. The minimum absolute atomic E-state index is 0.0538. The van der Waals surface area contributed by atoms with Gasteiger partial charge in [0.05, 0.1) is 12.0 Å². The quantitative estimate of drug-likeness (QED) is 0.693. The second-order valence-electron chi connectivity index (χ2n) is 6.40. The molecule has 4 rings (SSSR count). The highest BCUT2D eigenvalue weighted by molar-refractivity contribution is 7.92. The Morgan fingerprint density at radius 2 is 1.89 bits per heavy atom. The molecule has 28 heavy (non-hydrogen) atoms. The van der Waals surface area contributed by atoms with Gasteiger partial charge in [-0.25, -0.2) is 4.98 Å². The smallest absolute Gasteiger partial charge is 0.283 e. The standard InChI is InChI=1S/C19H17ClN4O3S/c20-15-5-7-16(8-6-15)22-18(25)11-23-12-19(21-13-23)28(26,27)24-10-9-14-3-1-2-4-17(14)24/h1-8,12-13H,9-11H2,(H,22,25). The zero-order chi connectivity index (χ0) is 19.7. The van der Waals surface area contributed by atoms with E-state index in [1.807, 2.05) is 18.2 Å². The highest BCUT2D eigenvalue weighted by atomic mass is 35.5. The number of imidazole rings is 1. The van der Waals surface area contributed by atoms with Crippen molar-refractivity contribution in [1.29, 1.82) is 0 Å². The summed E-state index contributed by atoms with van der Waals surface area (Å²) in [6, 6.07) is 14.1. The van der Waals surface area contributed by atoms with Crippen LogP contribution in [0.1, 0.15) is 5.56 Å². The number of halogens is 1. The van der Waals surface area contributed by atoms with E-state index >= 15 is 0 Å². The number of carbonyl (C=O) groups is 1. The van der Waals surface area contributed by atoms with Crippen molar-refractivity contribution in [2.45, 2.75) is 18.0 Å². The maximum Gasteiger partial charge on any atom is 0.283 e. The second-order valence-corrected chi connectivity index (χ2v) is 8.64. The average Bonchev–Trinajstić information content (AvgIpc) is 3.31. The molecule has 0 fully saturated rings. The van der Waals surface area contributed by atoms with Crippen LogP contribution in [0.2, 0.25) is 5.02 Å². The van der Waals surface area contributed by atoms with E-state index < -0.39 is 10.0 Å². The summed E-state index contributed by atoms with van der Waals surface area (Å²) in [6.45, 7) is 0.327. The first-order chi connectivity index (χ1) is 13.4. The number of fused-ring (bicyclic) bond motifs is 1. The number of benzene rings is 2. The fourth-order valence-corrected chi connectivity index (χ4v) is 4.70. The predicted molar refractivity (Wildman–Crippen MR) is 107 cm³/mol. The molecule has 0 radical (unpaired) electrons. The molecule has 0 spiro atoms. The summed E-state index contributed by atoms with van der Waals surface area (Å²) in [5.41, 5.74) is 2.28. The molecular formula is C19H17ClN4O3S.